The van der Waals surface area contributed by atoms with E-state index >= 15 is 0 Å². The van der Waals surface area contributed by atoms with Gasteiger partial charge in [-0.15, -0.1) is 0 Å². The van der Waals surface area contributed by atoms with Crippen LogP contribution in [-0.2, 0) is 19.1 Å². The first-order valence-corrected chi connectivity index (χ1v) is 10.8. The zero-order chi connectivity index (χ0) is 23.4. The first-order valence-electron chi connectivity index (χ1n) is 10.8. The normalized spacial score (nSPS) is 32.8. The van der Waals surface area contributed by atoms with Crippen molar-refractivity contribution in [3.63, 3.8) is 0 Å². The average Bonchev–Trinajstić information content (AvgIpc) is 3.36. The van der Waals surface area contributed by atoms with Crippen LogP contribution in [0.25, 0.3) is 0 Å². The summed E-state index contributed by atoms with van der Waals surface area (Å²) >= 11 is 0. The molecule has 6 nitrogen and oxygen atoms in total. The SMILES string of the molecule is CC(C)=CCCC1(C)C=CC(OC(=O)C=C(C)C)C2(C)OC2C(O)C(=O)C(CO)=CC1. The number of ether oxygens (including phenoxy) is 2. The molecule has 0 saturated carbocycles. The first-order chi connectivity index (χ1) is 14.4. The fourth-order valence-corrected chi connectivity index (χ4v) is 3.78. The number of ketones is 1. The quantitative estimate of drug-likeness (QED) is 0.288. The highest BCUT2D eigenvalue weighted by Gasteiger charge is 2.63. The largest absolute Gasteiger partial charge is 0.452 e. The maximum Gasteiger partial charge on any atom is 0.331 e. The summed E-state index contributed by atoms with van der Waals surface area (Å²) in [6, 6.07) is 0. The Balaban J connectivity index is 2.43. The third-order valence-electron chi connectivity index (χ3n) is 5.90. The van der Waals surface area contributed by atoms with Crippen LogP contribution in [0.5, 0.6) is 0 Å². The van der Waals surface area contributed by atoms with E-state index in [-0.39, 0.29) is 11.0 Å². The third kappa shape index (κ3) is 6.48. The minimum Gasteiger partial charge on any atom is -0.452 e. The second-order valence-corrected chi connectivity index (χ2v) is 9.54. The van der Waals surface area contributed by atoms with E-state index in [2.05, 4.69) is 13.0 Å². The molecule has 0 aromatic rings. The second kappa shape index (κ2) is 10.1. The molecule has 172 valence electrons. The van der Waals surface area contributed by atoms with Gasteiger partial charge in [-0.2, -0.15) is 0 Å². The highest BCUT2D eigenvalue weighted by atomic mass is 16.7. The van der Waals surface area contributed by atoms with Crippen molar-refractivity contribution in [1.82, 2.24) is 0 Å². The Bertz CT molecular complexity index is 812. The summed E-state index contributed by atoms with van der Waals surface area (Å²) < 4.78 is 11.4. The van der Waals surface area contributed by atoms with Crippen molar-refractivity contribution in [3.05, 3.63) is 47.1 Å². The molecule has 0 aromatic heterocycles. The lowest BCUT2D eigenvalue weighted by atomic mass is 9.80. The summed E-state index contributed by atoms with van der Waals surface area (Å²) in [5, 5.41) is 20.3. The van der Waals surface area contributed by atoms with E-state index < -0.39 is 42.3 Å². The van der Waals surface area contributed by atoms with Crippen molar-refractivity contribution in [1.29, 1.82) is 0 Å². The molecule has 0 radical (unpaired) electrons. The number of hydrogen-bond acceptors (Lipinski definition) is 6. The molecule has 0 amide bonds. The number of allylic oxidation sites excluding steroid dienone is 5. The van der Waals surface area contributed by atoms with E-state index in [4.69, 9.17) is 9.47 Å². The Morgan fingerprint density at radius 3 is 2.52 bits per heavy atom. The Morgan fingerprint density at radius 1 is 1.26 bits per heavy atom. The smallest absolute Gasteiger partial charge is 0.331 e. The van der Waals surface area contributed by atoms with E-state index in [1.165, 1.54) is 11.6 Å². The van der Waals surface area contributed by atoms with Crippen molar-refractivity contribution in [2.75, 3.05) is 6.61 Å². The van der Waals surface area contributed by atoms with Gasteiger partial charge in [-0.25, -0.2) is 4.79 Å². The van der Waals surface area contributed by atoms with Crippen LogP contribution in [0, 0.1) is 5.41 Å². The summed E-state index contributed by atoms with van der Waals surface area (Å²) in [7, 11) is 0. The first kappa shape index (κ1) is 25.2. The number of Topliss-reactive ketones (excluding diaryl/α,β-unsaturated/α-hetero) is 1. The van der Waals surface area contributed by atoms with Crippen molar-refractivity contribution in [3.8, 4) is 0 Å². The zero-order valence-electron chi connectivity index (χ0n) is 19.5. The van der Waals surface area contributed by atoms with Crippen LogP contribution >= 0.6 is 0 Å². The highest BCUT2D eigenvalue weighted by molar-refractivity contribution is 5.99. The predicted octanol–water partition coefficient (Wildman–Crippen LogP) is 3.58. The van der Waals surface area contributed by atoms with Crippen molar-refractivity contribution in [2.45, 2.75) is 84.7 Å². The minimum atomic E-state index is -1.43. The van der Waals surface area contributed by atoms with Crippen LogP contribution in [0.3, 0.4) is 0 Å². The van der Waals surface area contributed by atoms with Gasteiger partial charge >= 0.3 is 5.97 Å². The lowest BCUT2D eigenvalue weighted by molar-refractivity contribution is -0.143. The van der Waals surface area contributed by atoms with Crippen LogP contribution in [-0.4, -0.2) is 52.5 Å². The number of esters is 1. The number of hydrogen-bond donors (Lipinski definition) is 2. The van der Waals surface area contributed by atoms with Crippen LogP contribution in [0.1, 0.15) is 60.8 Å². The summed E-state index contributed by atoms with van der Waals surface area (Å²) in [5.41, 5.74) is 0.839. The molecule has 1 aliphatic heterocycles. The molecule has 2 rings (SSSR count). The molecule has 31 heavy (non-hydrogen) atoms. The zero-order valence-corrected chi connectivity index (χ0v) is 19.5. The summed E-state index contributed by atoms with van der Waals surface area (Å²) in [5.74, 6) is -1.06. The van der Waals surface area contributed by atoms with Gasteiger partial charge in [0.1, 0.15) is 17.8 Å². The number of aliphatic hydroxyl groups excluding tert-OH is 2. The molecule has 0 bridgehead atoms. The number of fused-ring (bicyclic) bond motifs is 1. The number of carbonyl (C=O) groups is 2. The summed E-state index contributed by atoms with van der Waals surface area (Å²) in [6.45, 7) is 11.0. The van der Waals surface area contributed by atoms with Crippen LogP contribution in [0.4, 0.5) is 0 Å². The fourth-order valence-electron chi connectivity index (χ4n) is 3.78. The molecule has 5 atom stereocenters. The van der Waals surface area contributed by atoms with Gasteiger partial charge < -0.3 is 19.7 Å². The molecule has 5 unspecified atom stereocenters. The van der Waals surface area contributed by atoms with Gasteiger partial charge in [-0.05, 0) is 65.4 Å². The van der Waals surface area contributed by atoms with E-state index in [1.54, 1.807) is 26.8 Å². The second-order valence-electron chi connectivity index (χ2n) is 9.54. The topological polar surface area (TPSA) is 96.4 Å². The molecule has 0 spiro atoms. The van der Waals surface area contributed by atoms with Gasteiger partial charge in [0.15, 0.2) is 11.9 Å². The molecular weight excluding hydrogens is 396 g/mol. The molecule has 0 aromatic carbocycles. The number of carbonyl (C=O) groups excluding carboxylic acids is 2. The van der Waals surface area contributed by atoms with Crippen LogP contribution < -0.4 is 0 Å². The lowest BCUT2D eigenvalue weighted by Crippen LogP contribution is -2.39. The average molecular weight is 433 g/mol. The van der Waals surface area contributed by atoms with Gasteiger partial charge in [-0.1, -0.05) is 36.3 Å². The highest BCUT2D eigenvalue weighted by Crippen LogP contribution is 2.45. The van der Waals surface area contributed by atoms with Gasteiger partial charge in [0.2, 0.25) is 0 Å². The lowest BCUT2D eigenvalue weighted by Gasteiger charge is -2.26. The van der Waals surface area contributed by atoms with E-state index in [9.17, 15) is 19.8 Å². The molecular formula is C25H36O6. The van der Waals surface area contributed by atoms with E-state index in [0.717, 1.165) is 18.4 Å². The Morgan fingerprint density at radius 2 is 1.94 bits per heavy atom. The Labute approximate surface area is 185 Å². The van der Waals surface area contributed by atoms with Crippen molar-refractivity contribution in [2.24, 2.45) is 5.41 Å². The molecule has 2 aliphatic rings. The number of rotatable bonds is 6. The standard InChI is InChI=1S/C25H36O6/c1-16(2)8-7-11-24(5)12-9-18(15-26)21(28)22(29)23-25(6,31-23)19(10-13-24)30-20(27)14-17(3)4/h8-10,13-14,19,22-23,26,29H,7,11-12,15H2,1-6H3. The minimum absolute atomic E-state index is 0.173. The summed E-state index contributed by atoms with van der Waals surface area (Å²) in [4.78, 5) is 25.1. The molecule has 1 fully saturated rings. The van der Waals surface area contributed by atoms with Gasteiger partial charge in [0.05, 0.1) is 6.61 Å². The molecule has 1 aliphatic carbocycles. The predicted molar refractivity (Wildman–Crippen MR) is 119 cm³/mol. The Kier molecular flexibility index (Phi) is 8.20. The maximum absolute atomic E-state index is 12.8. The molecule has 6 heteroatoms. The third-order valence-corrected chi connectivity index (χ3v) is 5.90. The molecule has 2 N–H and O–H groups in total. The number of epoxide rings is 1. The van der Waals surface area contributed by atoms with Gasteiger partial charge in [0, 0.05) is 11.6 Å². The number of aliphatic hydroxyl groups is 2. The van der Waals surface area contributed by atoms with Crippen LogP contribution in [0.2, 0.25) is 0 Å². The van der Waals surface area contributed by atoms with E-state index in [0.29, 0.717) is 6.42 Å². The Hall–Kier alpha value is -2.02. The molecule has 1 heterocycles. The molecule has 1 saturated heterocycles. The monoisotopic (exact) mass is 432 g/mol. The van der Waals surface area contributed by atoms with Gasteiger partial charge in [0.25, 0.3) is 0 Å². The van der Waals surface area contributed by atoms with Crippen molar-refractivity contribution < 1.29 is 29.3 Å². The fraction of sp³-hybridized carbons (Fsp3) is 0.600. The van der Waals surface area contributed by atoms with Crippen molar-refractivity contribution >= 4 is 11.8 Å². The van der Waals surface area contributed by atoms with Crippen LogP contribution in [0.15, 0.2) is 47.1 Å². The van der Waals surface area contributed by atoms with Gasteiger partial charge in [-0.3, -0.25) is 4.79 Å². The van der Waals surface area contributed by atoms with E-state index in [1.807, 2.05) is 26.0 Å². The maximum atomic E-state index is 12.8. The summed E-state index contributed by atoms with van der Waals surface area (Å²) in [6.07, 6.45) is 8.22.